The van der Waals surface area contributed by atoms with E-state index in [1.807, 2.05) is 23.1 Å². The lowest BCUT2D eigenvalue weighted by atomic mass is 9.86. The number of carbonyl (C=O) groups is 1. The monoisotopic (exact) mass is 275 g/mol. The fourth-order valence-corrected chi connectivity index (χ4v) is 2.59. The van der Waals surface area contributed by atoms with Crippen LogP contribution in [0.1, 0.15) is 45.6 Å². The summed E-state index contributed by atoms with van der Waals surface area (Å²) in [7, 11) is 0. The van der Waals surface area contributed by atoms with E-state index in [1.54, 1.807) is 0 Å². The van der Waals surface area contributed by atoms with Crippen LogP contribution in [0.5, 0.6) is 5.75 Å². The molecule has 1 aliphatic rings. The molecule has 2 rings (SSSR count). The molecule has 0 atom stereocenters. The lowest BCUT2D eigenvalue weighted by Crippen LogP contribution is -2.38. The van der Waals surface area contributed by atoms with Crippen LogP contribution >= 0.6 is 0 Å². The van der Waals surface area contributed by atoms with Crippen molar-refractivity contribution < 1.29 is 9.53 Å². The second-order valence-electron chi connectivity index (χ2n) is 6.48. The van der Waals surface area contributed by atoms with Gasteiger partial charge in [0.25, 0.3) is 5.91 Å². The number of hydrogen-bond acceptors (Lipinski definition) is 2. The summed E-state index contributed by atoms with van der Waals surface area (Å²) in [5.74, 6) is 0.929. The van der Waals surface area contributed by atoms with Gasteiger partial charge in [0.2, 0.25) is 0 Å². The molecule has 0 aromatic heterocycles. The number of rotatable bonds is 3. The Morgan fingerprint density at radius 1 is 1.15 bits per heavy atom. The first-order valence-electron chi connectivity index (χ1n) is 7.48. The van der Waals surface area contributed by atoms with Crippen molar-refractivity contribution in [3.63, 3.8) is 0 Å². The molecule has 110 valence electrons. The zero-order valence-electron chi connectivity index (χ0n) is 12.8. The molecular formula is C17H25NO2. The van der Waals surface area contributed by atoms with E-state index in [2.05, 4.69) is 26.8 Å². The highest BCUT2D eigenvalue weighted by atomic mass is 16.5. The Bertz CT molecular complexity index is 456. The van der Waals surface area contributed by atoms with E-state index in [1.165, 1.54) is 6.42 Å². The summed E-state index contributed by atoms with van der Waals surface area (Å²) in [6.45, 7) is 8.37. The van der Waals surface area contributed by atoms with Gasteiger partial charge in [0, 0.05) is 13.1 Å². The highest BCUT2D eigenvalue weighted by Gasteiger charge is 2.20. The van der Waals surface area contributed by atoms with Crippen LogP contribution in [0.3, 0.4) is 0 Å². The van der Waals surface area contributed by atoms with Gasteiger partial charge in [-0.2, -0.15) is 0 Å². The van der Waals surface area contributed by atoms with Crippen molar-refractivity contribution >= 4 is 5.91 Å². The van der Waals surface area contributed by atoms with E-state index in [9.17, 15) is 4.79 Å². The van der Waals surface area contributed by atoms with Crippen LogP contribution in [-0.4, -0.2) is 30.5 Å². The molecule has 0 saturated carbocycles. The summed E-state index contributed by atoms with van der Waals surface area (Å²) in [6, 6.07) is 7.99. The number of carbonyl (C=O) groups excluding carboxylic acids is 1. The quantitative estimate of drug-likeness (QED) is 0.846. The highest BCUT2D eigenvalue weighted by Crippen LogP contribution is 2.30. The molecule has 0 aliphatic carbocycles. The maximum absolute atomic E-state index is 12.1. The van der Waals surface area contributed by atoms with E-state index < -0.39 is 0 Å². The summed E-state index contributed by atoms with van der Waals surface area (Å²) in [6.07, 6.45) is 3.46. The minimum absolute atomic E-state index is 0.0186. The fraction of sp³-hybridized carbons (Fsp3) is 0.588. The number of likely N-dealkylation sites (tertiary alicyclic amines) is 1. The Labute approximate surface area is 121 Å². The van der Waals surface area contributed by atoms with Crippen LogP contribution in [0.25, 0.3) is 0 Å². The average Bonchev–Trinajstić information content (AvgIpc) is 2.45. The van der Waals surface area contributed by atoms with E-state index in [-0.39, 0.29) is 17.9 Å². The minimum atomic E-state index is 0.0186. The van der Waals surface area contributed by atoms with Crippen molar-refractivity contribution in [1.82, 2.24) is 4.90 Å². The van der Waals surface area contributed by atoms with Gasteiger partial charge in [0.05, 0.1) is 0 Å². The van der Waals surface area contributed by atoms with Crippen LogP contribution in [0.4, 0.5) is 0 Å². The predicted octanol–water partition coefficient (Wildman–Crippen LogP) is 3.38. The van der Waals surface area contributed by atoms with E-state index in [4.69, 9.17) is 4.74 Å². The molecule has 0 radical (unpaired) electrons. The second-order valence-corrected chi connectivity index (χ2v) is 6.48. The highest BCUT2D eigenvalue weighted by molar-refractivity contribution is 5.77. The zero-order chi connectivity index (χ0) is 14.6. The molecule has 1 aromatic carbocycles. The third kappa shape index (κ3) is 3.75. The smallest absolute Gasteiger partial charge is 0.260 e. The Balaban J connectivity index is 1.98. The number of amides is 1. The topological polar surface area (TPSA) is 29.5 Å². The van der Waals surface area contributed by atoms with E-state index >= 15 is 0 Å². The van der Waals surface area contributed by atoms with Crippen LogP contribution in [0.15, 0.2) is 24.3 Å². The molecule has 1 heterocycles. The second kappa shape index (κ2) is 6.29. The van der Waals surface area contributed by atoms with Crippen molar-refractivity contribution in [2.75, 3.05) is 19.7 Å². The van der Waals surface area contributed by atoms with Crippen LogP contribution < -0.4 is 4.74 Å². The largest absolute Gasteiger partial charge is 0.483 e. The Morgan fingerprint density at radius 3 is 2.45 bits per heavy atom. The number of hydrogen-bond donors (Lipinski definition) is 0. The van der Waals surface area contributed by atoms with Crippen molar-refractivity contribution in [3.8, 4) is 5.75 Å². The lowest BCUT2D eigenvalue weighted by Gasteiger charge is -2.27. The maximum Gasteiger partial charge on any atom is 0.260 e. The van der Waals surface area contributed by atoms with Crippen LogP contribution in [0, 0.1) is 0 Å². The number of piperidine rings is 1. The number of para-hydroxylation sites is 1. The molecule has 3 heteroatoms. The molecule has 0 N–H and O–H groups in total. The summed E-state index contributed by atoms with van der Waals surface area (Å²) >= 11 is 0. The third-order valence-electron chi connectivity index (χ3n) is 3.75. The third-order valence-corrected chi connectivity index (χ3v) is 3.75. The number of nitrogens with zero attached hydrogens (tertiary/aromatic N) is 1. The Morgan fingerprint density at radius 2 is 1.80 bits per heavy atom. The number of benzene rings is 1. The summed E-state index contributed by atoms with van der Waals surface area (Å²) < 4.78 is 5.79. The van der Waals surface area contributed by atoms with Crippen molar-refractivity contribution in [2.24, 2.45) is 0 Å². The SMILES string of the molecule is CC(C)(C)c1ccccc1OCC(=O)N1CCCCC1. The normalized spacial score (nSPS) is 16.1. The average molecular weight is 275 g/mol. The molecule has 0 unspecified atom stereocenters. The van der Waals surface area contributed by atoms with Gasteiger partial charge in [0.15, 0.2) is 6.61 Å². The Hall–Kier alpha value is -1.51. The van der Waals surface area contributed by atoms with Gasteiger partial charge in [-0.15, -0.1) is 0 Å². The van der Waals surface area contributed by atoms with Crippen LogP contribution in [-0.2, 0) is 10.2 Å². The van der Waals surface area contributed by atoms with Gasteiger partial charge in [-0.05, 0) is 36.3 Å². The minimum Gasteiger partial charge on any atom is -0.483 e. The van der Waals surface area contributed by atoms with Gasteiger partial charge < -0.3 is 9.64 Å². The van der Waals surface area contributed by atoms with Gasteiger partial charge in [0.1, 0.15) is 5.75 Å². The first-order valence-corrected chi connectivity index (χ1v) is 7.48. The van der Waals surface area contributed by atoms with Gasteiger partial charge in [-0.25, -0.2) is 0 Å². The molecule has 0 spiro atoms. The number of ether oxygens (including phenoxy) is 1. The molecule has 1 aromatic rings. The predicted molar refractivity (Wildman–Crippen MR) is 81.1 cm³/mol. The summed E-state index contributed by atoms with van der Waals surface area (Å²) in [5.41, 5.74) is 1.16. The first-order chi connectivity index (χ1) is 9.48. The van der Waals surface area contributed by atoms with Crippen molar-refractivity contribution in [1.29, 1.82) is 0 Å². The fourth-order valence-electron chi connectivity index (χ4n) is 2.59. The van der Waals surface area contributed by atoms with Crippen molar-refractivity contribution in [2.45, 2.75) is 45.4 Å². The first kappa shape index (κ1) is 14.9. The molecular weight excluding hydrogens is 250 g/mol. The Kier molecular flexibility index (Phi) is 4.69. The molecule has 3 nitrogen and oxygen atoms in total. The van der Waals surface area contributed by atoms with E-state index in [0.717, 1.165) is 37.2 Å². The van der Waals surface area contributed by atoms with Crippen molar-refractivity contribution in [3.05, 3.63) is 29.8 Å². The lowest BCUT2D eigenvalue weighted by molar-refractivity contribution is -0.134. The van der Waals surface area contributed by atoms with E-state index in [0.29, 0.717) is 0 Å². The van der Waals surface area contributed by atoms with Gasteiger partial charge in [-0.1, -0.05) is 39.0 Å². The standard InChI is InChI=1S/C17H25NO2/c1-17(2,3)14-9-5-6-10-15(14)20-13-16(19)18-11-7-4-8-12-18/h5-6,9-10H,4,7-8,11-13H2,1-3H3. The maximum atomic E-state index is 12.1. The molecule has 1 amide bonds. The van der Waals surface area contributed by atoms with Crippen LogP contribution in [0.2, 0.25) is 0 Å². The summed E-state index contributed by atoms with van der Waals surface area (Å²) in [5, 5.41) is 0. The molecule has 1 fully saturated rings. The molecule has 1 aliphatic heterocycles. The van der Waals surface area contributed by atoms with Gasteiger partial charge >= 0.3 is 0 Å². The molecule has 0 bridgehead atoms. The molecule has 1 saturated heterocycles. The zero-order valence-corrected chi connectivity index (χ0v) is 12.8. The molecule has 20 heavy (non-hydrogen) atoms. The van der Waals surface area contributed by atoms with Gasteiger partial charge in [-0.3, -0.25) is 4.79 Å². The summed E-state index contributed by atoms with van der Waals surface area (Å²) in [4.78, 5) is 14.1.